The summed E-state index contributed by atoms with van der Waals surface area (Å²) in [5.74, 6) is 1.16. The van der Waals surface area contributed by atoms with Gasteiger partial charge in [-0.3, -0.25) is 4.79 Å². The van der Waals surface area contributed by atoms with Gasteiger partial charge in [0.25, 0.3) is 0 Å². The first-order valence-electron chi connectivity index (χ1n) is 8.83. The van der Waals surface area contributed by atoms with Gasteiger partial charge in [-0.1, -0.05) is 30.0 Å². The third-order valence-corrected chi connectivity index (χ3v) is 5.28. The molecule has 2 heterocycles. The van der Waals surface area contributed by atoms with E-state index < -0.39 is 5.25 Å². The Kier molecular flexibility index (Phi) is 5.16. The van der Waals surface area contributed by atoms with Crippen LogP contribution in [0.5, 0.6) is 11.5 Å². The molecular formula is C19H19N5O3S. The molecule has 1 amide bonds. The Morgan fingerprint density at radius 1 is 1.18 bits per heavy atom. The number of carbonyl (C=O) groups is 1. The van der Waals surface area contributed by atoms with Gasteiger partial charge in [-0.2, -0.15) is 4.68 Å². The molecule has 1 aliphatic rings. The number of ether oxygens (including phenoxy) is 2. The van der Waals surface area contributed by atoms with Gasteiger partial charge in [0, 0.05) is 11.8 Å². The molecule has 0 unspecified atom stereocenters. The lowest BCUT2D eigenvalue weighted by molar-refractivity contribution is -0.115. The summed E-state index contributed by atoms with van der Waals surface area (Å²) >= 11 is 1.30. The van der Waals surface area contributed by atoms with Gasteiger partial charge in [0.2, 0.25) is 11.1 Å². The first kappa shape index (κ1) is 18.3. The highest BCUT2D eigenvalue weighted by Crippen LogP contribution is 2.33. The molecule has 28 heavy (non-hydrogen) atoms. The Morgan fingerprint density at radius 3 is 2.79 bits per heavy atom. The molecule has 0 radical (unpaired) electrons. The Balaban J connectivity index is 1.46. The van der Waals surface area contributed by atoms with Crippen molar-refractivity contribution in [1.82, 2.24) is 20.2 Å². The van der Waals surface area contributed by atoms with Gasteiger partial charge < -0.3 is 14.8 Å². The third-order valence-electron chi connectivity index (χ3n) is 4.25. The Hall–Kier alpha value is -3.07. The molecule has 0 fully saturated rings. The van der Waals surface area contributed by atoms with E-state index in [0.29, 0.717) is 35.6 Å². The SMILES string of the molecule is Cc1ccccc1-n1nnnc1S[C@@H](C)C(=O)Nc1ccc2c(c1)OCCO2. The first-order chi connectivity index (χ1) is 13.6. The van der Waals surface area contributed by atoms with Crippen molar-refractivity contribution in [2.24, 2.45) is 0 Å². The normalized spacial score (nSPS) is 13.8. The van der Waals surface area contributed by atoms with Crippen molar-refractivity contribution in [3.05, 3.63) is 48.0 Å². The Labute approximate surface area is 166 Å². The van der Waals surface area contributed by atoms with Crippen molar-refractivity contribution in [2.75, 3.05) is 18.5 Å². The zero-order valence-corrected chi connectivity index (χ0v) is 16.3. The maximum Gasteiger partial charge on any atom is 0.237 e. The quantitative estimate of drug-likeness (QED) is 0.662. The number of nitrogens with one attached hydrogen (secondary N) is 1. The molecule has 0 spiro atoms. The number of aryl methyl sites for hydroxylation is 1. The number of hydrogen-bond acceptors (Lipinski definition) is 7. The first-order valence-corrected chi connectivity index (χ1v) is 9.71. The fourth-order valence-electron chi connectivity index (χ4n) is 2.78. The molecule has 1 N–H and O–H groups in total. The predicted octanol–water partition coefficient (Wildman–Crippen LogP) is 2.86. The smallest absolute Gasteiger partial charge is 0.237 e. The topological polar surface area (TPSA) is 91.2 Å². The fourth-order valence-corrected chi connectivity index (χ4v) is 3.58. The van der Waals surface area contributed by atoms with Gasteiger partial charge in [-0.25, -0.2) is 0 Å². The Morgan fingerprint density at radius 2 is 1.96 bits per heavy atom. The van der Waals surface area contributed by atoms with Gasteiger partial charge in [-0.05, 0) is 48.0 Å². The number of amides is 1. The van der Waals surface area contributed by atoms with Crippen molar-refractivity contribution in [2.45, 2.75) is 24.3 Å². The van der Waals surface area contributed by atoms with Gasteiger partial charge in [0.05, 0.1) is 10.9 Å². The maximum absolute atomic E-state index is 12.6. The minimum Gasteiger partial charge on any atom is -0.486 e. The molecule has 1 atom stereocenters. The van der Waals surface area contributed by atoms with Crippen LogP contribution in [-0.4, -0.2) is 44.6 Å². The number of fused-ring (bicyclic) bond motifs is 1. The van der Waals surface area contributed by atoms with Crippen LogP contribution in [-0.2, 0) is 4.79 Å². The molecule has 2 aromatic carbocycles. The van der Waals surface area contributed by atoms with E-state index in [9.17, 15) is 4.79 Å². The van der Waals surface area contributed by atoms with E-state index in [1.165, 1.54) is 11.8 Å². The van der Waals surface area contributed by atoms with E-state index in [-0.39, 0.29) is 5.91 Å². The second-order valence-corrected chi connectivity index (χ2v) is 7.58. The second-order valence-electron chi connectivity index (χ2n) is 6.27. The number of tetrazole rings is 1. The van der Waals surface area contributed by atoms with Gasteiger partial charge in [-0.15, -0.1) is 5.10 Å². The number of nitrogens with zero attached hydrogens (tertiary/aromatic N) is 4. The van der Waals surface area contributed by atoms with Crippen LogP contribution in [0.25, 0.3) is 5.69 Å². The largest absolute Gasteiger partial charge is 0.486 e. The molecule has 1 aromatic heterocycles. The van der Waals surface area contributed by atoms with Crippen LogP contribution in [0.4, 0.5) is 5.69 Å². The molecule has 0 saturated heterocycles. The third kappa shape index (κ3) is 3.79. The van der Waals surface area contributed by atoms with Crippen molar-refractivity contribution in [3.8, 4) is 17.2 Å². The number of rotatable bonds is 5. The van der Waals surface area contributed by atoms with Crippen molar-refractivity contribution in [3.63, 3.8) is 0 Å². The van der Waals surface area contributed by atoms with E-state index in [1.54, 1.807) is 22.9 Å². The standard InChI is InChI=1S/C19H19N5O3S/c1-12-5-3-4-6-15(12)24-19(21-22-23-24)28-13(2)18(25)20-14-7-8-16-17(11-14)27-10-9-26-16/h3-8,11,13H,9-10H2,1-2H3,(H,20,25)/t13-/m0/s1. The number of thioether (sulfide) groups is 1. The van der Waals surface area contributed by atoms with E-state index >= 15 is 0 Å². The second kappa shape index (κ2) is 7.89. The number of hydrogen-bond donors (Lipinski definition) is 1. The van der Waals surface area contributed by atoms with E-state index in [0.717, 1.165) is 11.3 Å². The number of para-hydroxylation sites is 1. The van der Waals surface area contributed by atoms with Crippen molar-refractivity contribution in [1.29, 1.82) is 0 Å². The number of aromatic nitrogens is 4. The van der Waals surface area contributed by atoms with Gasteiger partial charge in [0.15, 0.2) is 11.5 Å². The monoisotopic (exact) mass is 397 g/mol. The average molecular weight is 397 g/mol. The van der Waals surface area contributed by atoms with Crippen LogP contribution in [0.1, 0.15) is 12.5 Å². The molecule has 9 heteroatoms. The summed E-state index contributed by atoms with van der Waals surface area (Å²) in [6.07, 6.45) is 0. The lowest BCUT2D eigenvalue weighted by Crippen LogP contribution is -2.23. The minimum atomic E-state index is -0.401. The summed E-state index contributed by atoms with van der Waals surface area (Å²) in [5.41, 5.74) is 2.58. The minimum absolute atomic E-state index is 0.152. The molecule has 4 rings (SSSR count). The fraction of sp³-hybridized carbons (Fsp3) is 0.263. The maximum atomic E-state index is 12.6. The number of benzene rings is 2. The highest BCUT2D eigenvalue weighted by molar-refractivity contribution is 8.00. The molecular weight excluding hydrogens is 378 g/mol. The summed E-state index contributed by atoms with van der Waals surface area (Å²) in [6.45, 7) is 4.83. The molecule has 1 aliphatic heterocycles. The lowest BCUT2D eigenvalue weighted by atomic mass is 10.2. The molecule has 8 nitrogen and oxygen atoms in total. The highest BCUT2D eigenvalue weighted by Gasteiger charge is 2.21. The van der Waals surface area contributed by atoms with Crippen LogP contribution >= 0.6 is 11.8 Å². The summed E-state index contributed by atoms with van der Waals surface area (Å²) in [7, 11) is 0. The lowest BCUT2D eigenvalue weighted by Gasteiger charge is -2.19. The van der Waals surface area contributed by atoms with Crippen LogP contribution in [0.2, 0.25) is 0 Å². The average Bonchev–Trinajstić information content (AvgIpc) is 3.16. The van der Waals surface area contributed by atoms with E-state index in [1.807, 2.05) is 38.1 Å². The highest BCUT2D eigenvalue weighted by atomic mass is 32.2. The van der Waals surface area contributed by atoms with Gasteiger partial charge in [0.1, 0.15) is 13.2 Å². The summed E-state index contributed by atoms with van der Waals surface area (Å²) < 4.78 is 12.7. The summed E-state index contributed by atoms with van der Waals surface area (Å²) in [6, 6.07) is 13.2. The Bertz CT molecular complexity index is 1010. The van der Waals surface area contributed by atoms with Crippen molar-refractivity contribution >= 4 is 23.4 Å². The number of anilines is 1. The molecule has 0 aliphatic carbocycles. The van der Waals surface area contributed by atoms with Crippen LogP contribution in [0.3, 0.4) is 0 Å². The van der Waals surface area contributed by atoms with E-state index in [2.05, 4.69) is 20.8 Å². The molecule has 0 bridgehead atoms. The van der Waals surface area contributed by atoms with Crippen LogP contribution in [0.15, 0.2) is 47.6 Å². The van der Waals surface area contributed by atoms with E-state index in [4.69, 9.17) is 9.47 Å². The van der Waals surface area contributed by atoms with Crippen LogP contribution in [0, 0.1) is 6.92 Å². The summed E-state index contributed by atoms with van der Waals surface area (Å²) in [4.78, 5) is 12.6. The molecule has 0 saturated carbocycles. The summed E-state index contributed by atoms with van der Waals surface area (Å²) in [5, 5.41) is 15.0. The predicted molar refractivity (Wildman–Crippen MR) is 105 cm³/mol. The number of carbonyl (C=O) groups excluding carboxylic acids is 1. The zero-order valence-electron chi connectivity index (χ0n) is 15.5. The molecule has 144 valence electrons. The van der Waals surface area contributed by atoms with Crippen LogP contribution < -0.4 is 14.8 Å². The van der Waals surface area contributed by atoms with Gasteiger partial charge >= 0.3 is 0 Å². The zero-order chi connectivity index (χ0) is 19.5. The molecule has 3 aromatic rings. The van der Waals surface area contributed by atoms with Crippen molar-refractivity contribution < 1.29 is 14.3 Å².